The third kappa shape index (κ3) is 4.14. The lowest BCUT2D eigenvalue weighted by Crippen LogP contribution is -2.57. The van der Waals surface area contributed by atoms with E-state index in [4.69, 9.17) is 4.74 Å². The highest BCUT2D eigenvalue weighted by Crippen LogP contribution is 2.60. The van der Waals surface area contributed by atoms with E-state index in [1.165, 1.54) is 43.5 Å². The number of rotatable bonds is 7. The van der Waals surface area contributed by atoms with Crippen LogP contribution in [0, 0.1) is 34.9 Å². The van der Waals surface area contributed by atoms with Crippen LogP contribution >= 0.6 is 0 Å². The standard InChI is InChI=1S/C24H30FNO4/c1-14(2)21(22(28)30-13-20(27)18-3-5-19(25)6-4-18)26-23(29)24-10-15-7-16(11-24)9-17(8-15)12-24/h3-6,14-17,21H,7-13H2,1-2H3,(H,26,29)/t15?,16?,17?,21-,24?/m1/s1. The maximum absolute atomic E-state index is 13.3. The van der Waals surface area contributed by atoms with E-state index in [0.717, 1.165) is 19.3 Å². The van der Waals surface area contributed by atoms with E-state index in [2.05, 4.69) is 5.32 Å². The number of amides is 1. The Hall–Kier alpha value is -2.24. The molecule has 0 aliphatic heterocycles. The second kappa shape index (κ2) is 8.12. The van der Waals surface area contributed by atoms with Crippen LogP contribution < -0.4 is 5.32 Å². The lowest BCUT2D eigenvalue weighted by atomic mass is 9.49. The normalized spacial score (nSPS) is 30.2. The molecule has 1 aromatic carbocycles. The molecule has 0 spiro atoms. The van der Waals surface area contributed by atoms with Crippen molar-refractivity contribution in [2.24, 2.45) is 29.1 Å². The molecule has 6 heteroatoms. The number of ether oxygens (including phenoxy) is 1. The van der Waals surface area contributed by atoms with Crippen LogP contribution in [0.5, 0.6) is 0 Å². The summed E-state index contributed by atoms with van der Waals surface area (Å²) in [4.78, 5) is 38.2. The van der Waals surface area contributed by atoms with Crippen LogP contribution in [-0.2, 0) is 14.3 Å². The number of carbonyl (C=O) groups excluding carboxylic acids is 3. The number of nitrogens with one attached hydrogen (secondary N) is 1. The van der Waals surface area contributed by atoms with Gasteiger partial charge in [-0.25, -0.2) is 9.18 Å². The van der Waals surface area contributed by atoms with Crippen LogP contribution in [0.25, 0.3) is 0 Å². The fourth-order valence-electron chi connectivity index (χ4n) is 6.13. The molecule has 4 aliphatic rings. The molecule has 0 radical (unpaired) electrons. The first kappa shape index (κ1) is 21.0. The first-order valence-electron chi connectivity index (χ1n) is 11.0. The molecule has 162 valence electrons. The topological polar surface area (TPSA) is 72.5 Å². The molecule has 0 saturated heterocycles. The molecule has 1 atom stereocenters. The minimum atomic E-state index is -0.786. The van der Waals surface area contributed by atoms with Crippen molar-refractivity contribution in [3.05, 3.63) is 35.6 Å². The first-order valence-corrected chi connectivity index (χ1v) is 11.0. The average molecular weight is 416 g/mol. The molecule has 1 amide bonds. The molecule has 1 N–H and O–H groups in total. The van der Waals surface area contributed by atoms with Crippen LogP contribution in [0.3, 0.4) is 0 Å². The van der Waals surface area contributed by atoms with E-state index in [1.807, 2.05) is 13.8 Å². The number of esters is 1. The first-order chi connectivity index (χ1) is 14.3. The zero-order valence-corrected chi connectivity index (χ0v) is 17.7. The van der Waals surface area contributed by atoms with Crippen LogP contribution in [0.4, 0.5) is 4.39 Å². The van der Waals surface area contributed by atoms with Crippen molar-refractivity contribution in [1.82, 2.24) is 5.32 Å². The highest BCUT2D eigenvalue weighted by atomic mass is 19.1. The van der Waals surface area contributed by atoms with E-state index >= 15 is 0 Å². The molecule has 4 bridgehead atoms. The van der Waals surface area contributed by atoms with Gasteiger partial charge in [0, 0.05) is 11.0 Å². The molecule has 30 heavy (non-hydrogen) atoms. The zero-order chi connectivity index (χ0) is 21.5. The average Bonchev–Trinajstić information content (AvgIpc) is 2.69. The number of benzene rings is 1. The lowest BCUT2D eigenvalue weighted by molar-refractivity contribution is -0.154. The van der Waals surface area contributed by atoms with Crippen LogP contribution in [-0.4, -0.2) is 30.3 Å². The summed E-state index contributed by atoms with van der Waals surface area (Å²) in [6.45, 7) is 3.28. The number of Topliss-reactive ketones (excluding diaryl/α,β-unsaturated/α-hetero) is 1. The molecule has 4 saturated carbocycles. The molecule has 4 fully saturated rings. The van der Waals surface area contributed by atoms with Crippen molar-refractivity contribution in [1.29, 1.82) is 0 Å². The molecule has 0 heterocycles. The van der Waals surface area contributed by atoms with E-state index in [0.29, 0.717) is 17.8 Å². The van der Waals surface area contributed by atoms with Gasteiger partial charge in [0.1, 0.15) is 11.9 Å². The van der Waals surface area contributed by atoms with Crippen LogP contribution in [0.2, 0.25) is 0 Å². The molecule has 5 nitrogen and oxygen atoms in total. The number of ketones is 1. The Kier molecular flexibility index (Phi) is 5.69. The quantitative estimate of drug-likeness (QED) is 0.541. The Balaban J connectivity index is 1.37. The molecule has 5 rings (SSSR count). The van der Waals surface area contributed by atoms with Gasteiger partial charge in [0.15, 0.2) is 12.4 Å². The van der Waals surface area contributed by atoms with Crippen molar-refractivity contribution >= 4 is 17.7 Å². The smallest absolute Gasteiger partial charge is 0.329 e. The second-order valence-electron chi connectivity index (χ2n) is 9.93. The largest absolute Gasteiger partial charge is 0.456 e. The lowest BCUT2D eigenvalue weighted by Gasteiger charge is -2.55. The monoisotopic (exact) mass is 415 g/mol. The Morgan fingerprint density at radius 1 is 1.03 bits per heavy atom. The number of halogens is 1. The number of hydrogen-bond acceptors (Lipinski definition) is 4. The SMILES string of the molecule is CC(C)[C@@H](NC(=O)C12CC3CC(CC(C3)C1)C2)C(=O)OCC(=O)c1ccc(F)cc1. The van der Waals surface area contributed by atoms with E-state index in [1.54, 1.807) is 0 Å². The summed E-state index contributed by atoms with van der Waals surface area (Å²) in [6, 6.07) is 4.32. The minimum Gasteiger partial charge on any atom is -0.456 e. The van der Waals surface area contributed by atoms with Crippen molar-refractivity contribution in [2.75, 3.05) is 6.61 Å². The number of carbonyl (C=O) groups is 3. The van der Waals surface area contributed by atoms with Crippen molar-refractivity contribution in [3.8, 4) is 0 Å². The summed E-state index contributed by atoms with van der Waals surface area (Å²) in [5, 5.41) is 2.97. The fraction of sp³-hybridized carbons (Fsp3) is 0.625. The van der Waals surface area contributed by atoms with E-state index in [-0.39, 0.29) is 22.8 Å². The Bertz CT molecular complexity index is 797. The van der Waals surface area contributed by atoms with Crippen molar-refractivity contribution < 1.29 is 23.5 Å². The third-order valence-electron chi connectivity index (χ3n) is 7.24. The van der Waals surface area contributed by atoms with Gasteiger partial charge in [-0.05, 0) is 86.5 Å². The predicted octanol–water partition coefficient (Wildman–Crippen LogP) is 3.91. The van der Waals surface area contributed by atoms with Crippen molar-refractivity contribution in [3.63, 3.8) is 0 Å². The van der Waals surface area contributed by atoms with Gasteiger partial charge < -0.3 is 10.1 Å². The van der Waals surface area contributed by atoms with Crippen molar-refractivity contribution in [2.45, 2.75) is 58.4 Å². The third-order valence-corrected chi connectivity index (χ3v) is 7.24. The van der Waals surface area contributed by atoms with Gasteiger partial charge in [-0.1, -0.05) is 13.8 Å². The molecule has 4 aliphatic carbocycles. The van der Waals surface area contributed by atoms with E-state index < -0.39 is 30.2 Å². The second-order valence-corrected chi connectivity index (χ2v) is 9.93. The molecular weight excluding hydrogens is 385 g/mol. The predicted molar refractivity (Wildman–Crippen MR) is 109 cm³/mol. The summed E-state index contributed by atoms with van der Waals surface area (Å²) in [6.07, 6.45) is 6.50. The molecule has 0 aromatic heterocycles. The Labute approximate surface area is 176 Å². The summed E-state index contributed by atoms with van der Waals surface area (Å²) >= 11 is 0. The maximum Gasteiger partial charge on any atom is 0.329 e. The molecule has 0 unspecified atom stereocenters. The van der Waals surface area contributed by atoms with Crippen LogP contribution in [0.1, 0.15) is 62.7 Å². The highest BCUT2D eigenvalue weighted by molar-refractivity contribution is 5.98. The summed E-state index contributed by atoms with van der Waals surface area (Å²) < 4.78 is 18.2. The van der Waals surface area contributed by atoms with Gasteiger partial charge in [-0.2, -0.15) is 0 Å². The Morgan fingerprint density at radius 2 is 1.57 bits per heavy atom. The van der Waals surface area contributed by atoms with Crippen LogP contribution in [0.15, 0.2) is 24.3 Å². The summed E-state index contributed by atoms with van der Waals surface area (Å²) in [5.41, 5.74) is -0.0607. The zero-order valence-electron chi connectivity index (χ0n) is 17.7. The van der Waals surface area contributed by atoms with Gasteiger partial charge >= 0.3 is 5.97 Å². The van der Waals surface area contributed by atoms with Gasteiger partial charge in [0.25, 0.3) is 0 Å². The highest BCUT2D eigenvalue weighted by Gasteiger charge is 2.55. The van der Waals surface area contributed by atoms with Gasteiger partial charge in [-0.3, -0.25) is 9.59 Å². The molecular formula is C24H30FNO4. The minimum absolute atomic E-state index is 0.0258. The Morgan fingerprint density at radius 3 is 2.07 bits per heavy atom. The fourth-order valence-corrected chi connectivity index (χ4v) is 6.13. The maximum atomic E-state index is 13.3. The van der Waals surface area contributed by atoms with Gasteiger partial charge in [0.05, 0.1) is 0 Å². The summed E-state index contributed by atoms with van der Waals surface area (Å²) in [7, 11) is 0. The molecule has 1 aromatic rings. The summed E-state index contributed by atoms with van der Waals surface area (Å²) in [5.74, 6) is 0.297. The van der Waals surface area contributed by atoms with E-state index in [9.17, 15) is 18.8 Å². The van der Waals surface area contributed by atoms with Gasteiger partial charge in [-0.15, -0.1) is 0 Å². The van der Waals surface area contributed by atoms with Gasteiger partial charge in [0.2, 0.25) is 5.91 Å². The number of hydrogen-bond donors (Lipinski definition) is 1.